The highest BCUT2D eigenvalue weighted by molar-refractivity contribution is 6.34. The minimum absolute atomic E-state index is 0.0159. The van der Waals surface area contributed by atoms with Crippen molar-refractivity contribution in [1.29, 1.82) is 0 Å². The molecule has 0 aliphatic rings. The van der Waals surface area contributed by atoms with Crippen LogP contribution in [-0.2, 0) is 11.8 Å². The zero-order valence-corrected chi connectivity index (χ0v) is 21.4. The van der Waals surface area contributed by atoms with Gasteiger partial charge in [0, 0.05) is 38.4 Å². The van der Waals surface area contributed by atoms with Gasteiger partial charge in [-0.05, 0) is 26.0 Å². The number of nitrogens with zero attached hydrogens (tertiary/aromatic N) is 3. The fourth-order valence-corrected chi connectivity index (χ4v) is 3.65. The zero-order chi connectivity index (χ0) is 27.3. The number of pyridine rings is 1. The third-order valence-corrected chi connectivity index (χ3v) is 5.57. The van der Waals surface area contributed by atoms with Crippen LogP contribution >= 0.6 is 11.6 Å². The van der Waals surface area contributed by atoms with Crippen LogP contribution in [0.4, 0.5) is 15.9 Å². The van der Waals surface area contributed by atoms with E-state index in [0.717, 1.165) is 6.07 Å². The predicted molar refractivity (Wildman–Crippen MR) is 142 cm³/mol. The number of ether oxygens (including phenoxy) is 1. The van der Waals surface area contributed by atoms with Gasteiger partial charge in [-0.25, -0.2) is 14.1 Å². The van der Waals surface area contributed by atoms with Crippen molar-refractivity contribution in [3.05, 3.63) is 93.8 Å². The standard InChI is InChI=1S/C26H25ClFN5O4/c1-6-8-9-17(7-2)33-26(36)24(15(3)32(33)5)25(35)31-21-14-20(28)22(13-19(21)27)37-18-10-11-29-23(12-18)30-16(4)34/h6-14H,1H2,2-5H3,(H,31,35)(H,29,30,34)/b9-8-,17-7+. The lowest BCUT2D eigenvalue weighted by atomic mass is 10.2. The van der Waals surface area contributed by atoms with Crippen molar-refractivity contribution in [2.24, 2.45) is 7.05 Å². The smallest absolute Gasteiger partial charge is 0.284 e. The average Bonchev–Trinajstić information content (AvgIpc) is 3.06. The number of carbonyl (C=O) groups excluding carboxylic acids is 2. The van der Waals surface area contributed by atoms with Crippen molar-refractivity contribution in [2.45, 2.75) is 20.8 Å². The molecule has 1 aromatic carbocycles. The van der Waals surface area contributed by atoms with E-state index in [4.69, 9.17) is 16.3 Å². The Kier molecular flexibility index (Phi) is 8.46. The lowest BCUT2D eigenvalue weighted by molar-refractivity contribution is -0.114. The van der Waals surface area contributed by atoms with Gasteiger partial charge in [0.25, 0.3) is 11.5 Å². The van der Waals surface area contributed by atoms with E-state index in [2.05, 4.69) is 22.2 Å². The van der Waals surface area contributed by atoms with Crippen LogP contribution in [0.25, 0.3) is 5.70 Å². The molecule has 0 unspecified atom stereocenters. The number of halogens is 2. The van der Waals surface area contributed by atoms with Gasteiger partial charge < -0.3 is 15.4 Å². The van der Waals surface area contributed by atoms with Crippen molar-refractivity contribution in [1.82, 2.24) is 14.3 Å². The molecule has 9 nitrogen and oxygen atoms in total. The average molecular weight is 526 g/mol. The highest BCUT2D eigenvalue weighted by atomic mass is 35.5. The first-order valence-corrected chi connectivity index (χ1v) is 11.4. The summed E-state index contributed by atoms with van der Waals surface area (Å²) in [6, 6.07) is 5.07. The third kappa shape index (κ3) is 6.04. The minimum Gasteiger partial charge on any atom is -0.454 e. The monoisotopic (exact) mass is 525 g/mol. The van der Waals surface area contributed by atoms with Crippen molar-refractivity contribution < 1.29 is 18.7 Å². The summed E-state index contributed by atoms with van der Waals surface area (Å²) >= 11 is 6.30. The van der Waals surface area contributed by atoms with E-state index in [1.807, 2.05) is 0 Å². The molecule has 0 atom stereocenters. The van der Waals surface area contributed by atoms with Crippen LogP contribution in [0.5, 0.6) is 11.5 Å². The van der Waals surface area contributed by atoms with Crippen LogP contribution in [0.3, 0.4) is 0 Å². The molecule has 0 bridgehead atoms. The maximum absolute atomic E-state index is 14.9. The van der Waals surface area contributed by atoms with Crippen molar-refractivity contribution in [3.8, 4) is 11.5 Å². The second-order valence-corrected chi connectivity index (χ2v) is 8.19. The summed E-state index contributed by atoms with van der Waals surface area (Å²) < 4.78 is 23.3. The van der Waals surface area contributed by atoms with Crippen LogP contribution in [0, 0.1) is 12.7 Å². The Labute approximate surface area is 217 Å². The molecule has 2 heterocycles. The van der Waals surface area contributed by atoms with Gasteiger partial charge in [0.2, 0.25) is 5.91 Å². The molecule has 11 heteroatoms. The largest absolute Gasteiger partial charge is 0.454 e. The van der Waals surface area contributed by atoms with Gasteiger partial charge in [-0.15, -0.1) is 0 Å². The number of rotatable bonds is 8. The molecular weight excluding hydrogens is 501 g/mol. The Hall–Kier alpha value is -4.44. The molecule has 2 aromatic heterocycles. The molecule has 2 amide bonds. The van der Waals surface area contributed by atoms with Gasteiger partial charge in [0.1, 0.15) is 17.1 Å². The Morgan fingerprint density at radius 3 is 2.62 bits per heavy atom. The fourth-order valence-electron chi connectivity index (χ4n) is 3.45. The van der Waals surface area contributed by atoms with Crippen LogP contribution in [-0.4, -0.2) is 26.2 Å². The molecule has 0 saturated heterocycles. The third-order valence-electron chi connectivity index (χ3n) is 5.26. The highest BCUT2D eigenvalue weighted by Crippen LogP contribution is 2.33. The Morgan fingerprint density at radius 1 is 1.24 bits per heavy atom. The van der Waals surface area contributed by atoms with Crippen LogP contribution < -0.4 is 20.9 Å². The van der Waals surface area contributed by atoms with Gasteiger partial charge >= 0.3 is 0 Å². The number of anilines is 2. The topological polar surface area (TPSA) is 107 Å². The first-order valence-electron chi connectivity index (χ1n) is 11.0. The van der Waals surface area contributed by atoms with Crippen molar-refractivity contribution >= 4 is 40.6 Å². The molecule has 0 aliphatic heterocycles. The molecule has 0 spiro atoms. The maximum Gasteiger partial charge on any atom is 0.284 e. The van der Waals surface area contributed by atoms with Crippen LogP contribution in [0.15, 0.2) is 66.1 Å². The highest BCUT2D eigenvalue weighted by Gasteiger charge is 2.23. The zero-order valence-electron chi connectivity index (χ0n) is 20.6. The number of hydrogen-bond donors (Lipinski definition) is 2. The summed E-state index contributed by atoms with van der Waals surface area (Å²) in [4.78, 5) is 41.4. The molecule has 3 aromatic rings. The number of allylic oxidation sites excluding steroid dienone is 5. The molecule has 0 fully saturated rings. The summed E-state index contributed by atoms with van der Waals surface area (Å²) in [6.07, 6.45) is 8.02. The second kappa shape index (κ2) is 11.5. The molecule has 0 aliphatic carbocycles. The summed E-state index contributed by atoms with van der Waals surface area (Å²) in [6.45, 7) is 8.33. The van der Waals surface area contributed by atoms with Crippen molar-refractivity contribution in [3.63, 3.8) is 0 Å². The van der Waals surface area contributed by atoms with E-state index in [1.54, 1.807) is 49.9 Å². The molecule has 192 valence electrons. The fraction of sp³-hybridized carbons (Fsp3) is 0.154. The van der Waals surface area contributed by atoms with Gasteiger partial charge in [-0.1, -0.05) is 36.4 Å². The van der Waals surface area contributed by atoms with Gasteiger partial charge in [-0.3, -0.25) is 19.1 Å². The summed E-state index contributed by atoms with van der Waals surface area (Å²) in [5.41, 5.74) is 0.226. The number of nitrogens with one attached hydrogen (secondary N) is 2. The first kappa shape index (κ1) is 27.2. The number of benzene rings is 1. The molecule has 37 heavy (non-hydrogen) atoms. The number of hydrogen-bond acceptors (Lipinski definition) is 5. The number of aromatic nitrogens is 3. The summed E-state index contributed by atoms with van der Waals surface area (Å²) in [7, 11) is 1.65. The second-order valence-electron chi connectivity index (χ2n) is 7.79. The molecular formula is C26H25ClFN5O4. The lowest BCUT2D eigenvalue weighted by Crippen LogP contribution is -2.25. The molecule has 0 radical (unpaired) electrons. The Balaban J connectivity index is 1.89. The number of amides is 2. The molecule has 2 N–H and O–H groups in total. The predicted octanol–water partition coefficient (Wildman–Crippen LogP) is 5.29. The van der Waals surface area contributed by atoms with Gasteiger partial charge in [-0.2, -0.15) is 0 Å². The van der Waals surface area contributed by atoms with Crippen molar-refractivity contribution in [2.75, 3.05) is 10.6 Å². The summed E-state index contributed by atoms with van der Waals surface area (Å²) in [5.74, 6) is -1.67. The number of carbonyl (C=O) groups is 2. The van der Waals surface area contributed by atoms with Gasteiger partial charge in [0.05, 0.1) is 22.1 Å². The minimum atomic E-state index is -0.814. The molecule has 3 rings (SSSR count). The van der Waals surface area contributed by atoms with Crippen LogP contribution in [0.2, 0.25) is 5.02 Å². The quantitative estimate of drug-likeness (QED) is 0.389. The van der Waals surface area contributed by atoms with E-state index < -0.39 is 17.3 Å². The summed E-state index contributed by atoms with van der Waals surface area (Å²) in [5, 5.41) is 4.99. The normalized spacial score (nSPS) is 11.5. The Bertz CT molecular complexity index is 1500. The van der Waals surface area contributed by atoms with Crippen LogP contribution in [0.1, 0.15) is 29.9 Å². The SMILES string of the molecule is C=C/C=C\C(=C/C)n1c(=O)c(C(=O)Nc2cc(F)c(Oc3ccnc(NC(C)=O)c3)cc2Cl)c(C)n1C. The van der Waals surface area contributed by atoms with E-state index in [1.165, 1.54) is 36.0 Å². The molecule has 0 saturated carbocycles. The van der Waals surface area contributed by atoms with E-state index in [0.29, 0.717) is 11.4 Å². The van der Waals surface area contributed by atoms with E-state index >= 15 is 0 Å². The van der Waals surface area contributed by atoms with E-state index in [-0.39, 0.29) is 39.5 Å². The van der Waals surface area contributed by atoms with Gasteiger partial charge in [0.15, 0.2) is 11.6 Å². The first-order chi connectivity index (χ1) is 17.6. The lowest BCUT2D eigenvalue weighted by Gasteiger charge is -2.12. The Morgan fingerprint density at radius 2 is 1.97 bits per heavy atom. The maximum atomic E-state index is 14.9. The van der Waals surface area contributed by atoms with E-state index in [9.17, 15) is 18.8 Å².